The summed E-state index contributed by atoms with van der Waals surface area (Å²) in [5.41, 5.74) is 0.761. The van der Waals surface area contributed by atoms with Crippen molar-refractivity contribution < 1.29 is 9.90 Å². The zero-order chi connectivity index (χ0) is 10.1. The summed E-state index contributed by atoms with van der Waals surface area (Å²) in [6, 6.07) is 5.15. The highest BCUT2D eigenvalue weighted by atomic mass is 16.4. The molecule has 0 atom stereocenters. The van der Waals surface area contributed by atoms with Crippen LogP contribution in [0.5, 0.6) is 0 Å². The molecule has 0 saturated carbocycles. The first-order chi connectivity index (χ1) is 6.72. The van der Waals surface area contributed by atoms with Gasteiger partial charge in [0.2, 0.25) is 0 Å². The van der Waals surface area contributed by atoms with Crippen molar-refractivity contribution in [2.24, 2.45) is 0 Å². The van der Waals surface area contributed by atoms with Crippen LogP contribution in [0.3, 0.4) is 0 Å². The maximum atomic E-state index is 10.7. The Bertz CT molecular complexity index is 551. The number of nitriles is 1. The summed E-state index contributed by atoms with van der Waals surface area (Å²) in [5, 5.41) is 18.0. The molecular formula is C9H5N3O2. The first-order valence-electron chi connectivity index (χ1n) is 3.83. The smallest absolute Gasteiger partial charge is 0.417 e. The monoisotopic (exact) mass is 187 g/mol. The number of hydrogen-bond donors (Lipinski definition) is 1. The molecule has 0 bridgehead atoms. The normalized spacial score (nSPS) is 9.93. The minimum atomic E-state index is -1.09. The second kappa shape index (κ2) is 2.85. The van der Waals surface area contributed by atoms with Gasteiger partial charge in [0.25, 0.3) is 0 Å². The minimum Gasteiger partial charge on any atom is -0.464 e. The van der Waals surface area contributed by atoms with Crippen LogP contribution in [0.15, 0.2) is 24.5 Å². The number of fused-ring (bicyclic) bond motifs is 1. The summed E-state index contributed by atoms with van der Waals surface area (Å²) in [4.78, 5) is 14.6. The van der Waals surface area contributed by atoms with E-state index in [0.717, 1.165) is 4.57 Å². The second-order valence-electron chi connectivity index (χ2n) is 2.72. The molecule has 2 aromatic heterocycles. The minimum absolute atomic E-state index is 0.344. The van der Waals surface area contributed by atoms with E-state index in [1.54, 1.807) is 12.1 Å². The van der Waals surface area contributed by atoms with Crippen molar-refractivity contribution in [1.29, 1.82) is 5.26 Å². The Hall–Kier alpha value is -2.35. The van der Waals surface area contributed by atoms with E-state index in [0.29, 0.717) is 16.6 Å². The fourth-order valence-electron chi connectivity index (χ4n) is 1.24. The van der Waals surface area contributed by atoms with Crippen LogP contribution < -0.4 is 0 Å². The maximum absolute atomic E-state index is 10.7. The van der Waals surface area contributed by atoms with E-state index < -0.39 is 6.09 Å². The quantitative estimate of drug-likeness (QED) is 0.676. The van der Waals surface area contributed by atoms with Crippen molar-refractivity contribution in [1.82, 2.24) is 9.55 Å². The van der Waals surface area contributed by atoms with Gasteiger partial charge in [-0.25, -0.2) is 14.3 Å². The average Bonchev–Trinajstić information content (AvgIpc) is 2.59. The third-order valence-electron chi connectivity index (χ3n) is 1.86. The highest BCUT2D eigenvalue weighted by Crippen LogP contribution is 2.13. The molecule has 2 aromatic rings. The Balaban J connectivity index is 2.73. The van der Waals surface area contributed by atoms with Gasteiger partial charge in [0.15, 0.2) is 0 Å². The van der Waals surface area contributed by atoms with Crippen molar-refractivity contribution >= 4 is 17.1 Å². The first-order valence-corrected chi connectivity index (χ1v) is 3.83. The fraction of sp³-hybridized carbons (Fsp3) is 0. The van der Waals surface area contributed by atoms with E-state index in [1.807, 2.05) is 6.07 Å². The van der Waals surface area contributed by atoms with E-state index in [4.69, 9.17) is 10.4 Å². The molecule has 0 aromatic carbocycles. The predicted molar refractivity (Wildman–Crippen MR) is 47.9 cm³/mol. The lowest BCUT2D eigenvalue weighted by atomic mass is 10.2. The third kappa shape index (κ3) is 1.10. The van der Waals surface area contributed by atoms with Crippen molar-refractivity contribution in [2.45, 2.75) is 0 Å². The Morgan fingerprint density at radius 1 is 1.64 bits per heavy atom. The molecule has 1 N–H and O–H groups in total. The molecule has 0 aliphatic rings. The summed E-state index contributed by atoms with van der Waals surface area (Å²) >= 11 is 0. The summed E-state index contributed by atoms with van der Waals surface area (Å²) < 4.78 is 1.01. The largest absolute Gasteiger partial charge is 0.464 e. The molecule has 68 valence electrons. The molecule has 2 heterocycles. The lowest BCUT2D eigenvalue weighted by Crippen LogP contribution is -2.06. The summed E-state index contributed by atoms with van der Waals surface area (Å²) in [6.45, 7) is 0. The van der Waals surface area contributed by atoms with Gasteiger partial charge in [-0.3, -0.25) is 0 Å². The van der Waals surface area contributed by atoms with Crippen LogP contribution >= 0.6 is 0 Å². The van der Waals surface area contributed by atoms with E-state index in [2.05, 4.69) is 4.98 Å². The molecule has 2 rings (SSSR count). The molecular weight excluding hydrogens is 182 g/mol. The van der Waals surface area contributed by atoms with Gasteiger partial charge in [-0.2, -0.15) is 5.26 Å². The van der Waals surface area contributed by atoms with Crippen LogP contribution in [0.1, 0.15) is 5.56 Å². The van der Waals surface area contributed by atoms with Gasteiger partial charge in [0.1, 0.15) is 11.7 Å². The van der Waals surface area contributed by atoms with Crippen molar-refractivity contribution in [2.75, 3.05) is 0 Å². The molecule has 0 saturated heterocycles. The van der Waals surface area contributed by atoms with Gasteiger partial charge in [-0.15, -0.1) is 0 Å². The molecule has 0 fully saturated rings. The van der Waals surface area contributed by atoms with Gasteiger partial charge in [-0.05, 0) is 12.1 Å². The Morgan fingerprint density at radius 3 is 3.07 bits per heavy atom. The van der Waals surface area contributed by atoms with Crippen LogP contribution in [0.2, 0.25) is 0 Å². The van der Waals surface area contributed by atoms with Gasteiger partial charge < -0.3 is 5.11 Å². The summed E-state index contributed by atoms with van der Waals surface area (Å²) in [5.74, 6) is 0. The molecule has 5 nitrogen and oxygen atoms in total. The third-order valence-corrected chi connectivity index (χ3v) is 1.86. The van der Waals surface area contributed by atoms with Crippen molar-refractivity contribution in [3.8, 4) is 6.07 Å². The summed E-state index contributed by atoms with van der Waals surface area (Å²) in [6.07, 6.45) is 1.67. The van der Waals surface area contributed by atoms with Crippen LogP contribution in [-0.2, 0) is 0 Å². The Kier molecular flexibility index (Phi) is 1.68. The zero-order valence-electron chi connectivity index (χ0n) is 7.01. The molecule has 0 radical (unpaired) electrons. The van der Waals surface area contributed by atoms with Gasteiger partial charge >= 0.3 is 6.09 Å². The first kappa shape index (κ1) is 8.26. The summed E-state index contributed by atoms with van der Waals surface area (Å²) in [7, 11) is 0. The van der Waals surface area contributed by atoms with E-state index >= 15 is 0 Å². The second-order valence-corrected chi connectivity index (χ2v) is 2.72. The van der Waals surface area contributed by atoms with E-state index in [9.17, 15) is 4.79 Å². The Labute approximate surface area is 78.8 Å². The van der Waals surface area contributed by atoms with Crippen molar-refractivity contribution in [3.63, 3.8) is 0 Å². The van der Waals surface area contributed by atoms with Crippen LogP contribution in [0, 0.1) is 11.3 Å². The Morgan fingerprint density at radius 2 is 2.43 bits per heavy atom. The topological polar surface area (TPSA) is 78.9 Å². The zero-order valence-corrected chi connectivity index (χ0v) is 7.01. The van der Waals surface area contributed by atoms with Crippen LogP contribution in [0.4, 0.5) is 4.79 Å². The van der Waals surface area contributed by atoms with Gasteiger partial charge in [-0.1, -0.05) is 0 Å². The standard InChI is InChI=1S/C9H5N3O2/c10-4-6-3-7-1-2-12(9(13)14)8(7)11-5-6/h1-3,5H,(H,13,14). The van der Waals surface area contributed by atoms with Gasteiger partial charge in [0.05, 0.1) is 5.56 Å². The number of aromatic nitrogens is 2. The average molecular weight is 187 g/mol. The number of carboxylic acid groups (broad SMARTS) is 1. The highest BCUT2D eigenvalue weighted by Gasteiger charge is 2.07. The van der Waals surface area contributed by atoms with Crippen LogP contribution in [0.25, 0.3) is 11.0 Å². The number of pyridine rings is 1. The number of rotatable bonds is 0. The number of nitrogens with zero attached hydrogens (tertiary/aromatic N) is 3. The van der Waals surface area contributed by atoms with Gasteiger partial charge in [0, 0.05) is 17.8 Å². The lowest BCUT2D eigenvalue weighted by Gasteiger charge is -1.95. The lowest BCUT2D eigenvalue weighted by molar-refractivity contribution is 0.197. The number of hydrogen-bond acceptors (Lipinski definition) is 3. The van der Waals surface area contributed by atoms with E-state index in [-0.39, 0.29) is 0 Å². The molecule has 14 heavy (non-hydrogen) atoms. The molecule has 5 heteroatoms. The van der Waals surface area contributed by atoms with E-state index in [1.165, 1.54) is 12.4 Å². The highest BCUT2D eigenvalue weighted by molar-refractivity contribution is 5.86. The maximum Gasteiger partial charge on any atom is 0.417 e. The number of carbonyl (C=O) groups is 1. The molecule has 0 aliphatic carbocycles. The molecule has 0 spiro atoms. The fourth-order valence-corrected chi connectivity index (χ4v) is 1.24. The molecule has 0 amide bonds. The molecule has 0 unspecified atom stereocenters. The predicted octanol–water partition coefficient (Wildman–Crippen LogP) is 1.43. The molecule has 0 aliphatic heterocycles. The van der Waals surface area contributed by atoms with Crippen LogP contribution in [-0.4, -0.2) is 20.8 Å². The SMILES string of the molecule is N#Cc1cnc2c(ccn2C(=O)O)c1. The van der Waals surface area contributed by atoms with Crippen molar-refractivity contribution in [3.05, 3.63) is 30.1 Å².